The number of hydrogen-bond donors (Lipinski definition) is 7. The molecule has 0 aliphatic carbocycles. The Morgan fingerprint density at radius 2 is 1.97 bits per heavy atom. The summed E-state index contributed by atoms with van der Waals surface area (Å²) in [5.74, 6) is -2.73. The summed E-state index contributed by atoms with van der Waals surface area (Å²) in [6.45, 7) is -1.22. The van der Waals surface area contributed by atoms with Crippen LogP contribution in [0.25, 0.3) is 0 Å². The number of aromatic amines is 1. The molecule has 1 rings (SSSR count). The zero-order chi connectivity index (χ0) is 21.8. The molecule has 3 atom stereocenters. The Balaban J connectivity index is 2.49. The van der Waals surface area contributed by atoms with Crippen LogP contribution in [0.5, 0.6) is 0 Å². The van der Waals surface area contributed by atoms with Crippen molar-refractivity contribution in [3.8, 4) is 0 Å². The van der Waals surface area contributed by atoms with Gasteiger partial charge in [-0.15, -0.1) is 0 Å². The predicted octanol–water partition coefficient (Wildman–Crippen LogP) is -2.80. The summed E-state index contributed by atoms with van der Waals surface area (Å²) in [6.07, 6.45) is 5.07. The number of aliphatic carboxylic acids is 1. The standard InChI is InChI=1S/C16H26N6O6S/c1-29-3-2-10(17)14(25)22-12(7-23)15(26)19-6-13(24)21-11(16(27)28)4-9-5-18-8-20-9/h5,8,10-12,23H,2-4,6-7,17H2,1H3,(H,18,20)(H,19,26)(H,21,24)(H,22,25)(H,27,28). The number of rotatable bonds is 13. The van der Waals surface area contributed by atoms with Gasteiger partial charge >= 0.3 is 5.97 Å². The summed E-state index contributed by atoms with van der Waals surface area (Å²) >= 11 is 1.52. The highest BCUT2D eigenvalue weighted by Gasteiger charge is 2.25. The lowest BCUT2D eigenvalue weighted by molar-refractivity contribution is -0.141. The Labute approximate surface area is 171 Å². The average molecular weight is 430 g/mol. The van der Waals surface area contributed by atoms with Crippen LogP contribution in [0.1, 0.15) is 12.1 Å². The Bertz CT molecular complexity index is 685. The van der Waals surface area contributed by atoms with Crippen molar-refractivity contribution in [2.24, 2.45) is 5.73 Å². The van der Waals surface area contributed by atoms with Crippen LogP contribution in [0.4, 0.5) is 0 Å². The minimum absolute atomic E-state index is 0.0156. The van der Waals surface area contributed by atoms with Gasteiger partial charge in [0.15, 0.2) is 0 Å². The van der Waals surface area contributed by atoms with Gasteiger partial charge in [0, 0.05) is 18.3 Å². The number of carboxylic acids is 1. The zero-order valence-corrected chi connectivity index (χ0v) is 16.7. The number of imidazole rings is 1. The van der Waals surface area contributed by atoms with E-state index in [4.69, 9.17) is 5.73 Å². The molecule has 1 aromatic heterocycles. The number of carbonyl (C=O) groups is 4. The van der Waals surface area contributed by atoms with Crippen LogP contribution in [0.3, 0.4) is 0 Å². The van der Waals surface area contributed by atoms with Gasteiger partial charge in [0.1, 0.15) is 12.1 Å². The number of carbonyl (C=O) groups excluding carboxylic acids is 3. The molecule has 29 heavy (non-hydrogen) atoms. The van der Waals surface area contributed by atoms with E-state index in [1.165, 1.54) is 24.3 Å². The molecule has 0 spiro atoms. The number of nitrogens with zero attached hydrogens (tertiary/aromatic N) is 1. The largest absolute Gasteiger partial charge is 0.480 e. The van der Waals surface area contributed by atoms with E-state index in [0.717, 1.165) is 0 Å². The van der Waals surface area contributed by atoms with Gasteiger partial charge in [0.2, 0.25) is 17.7 Å². The number of thioether (sulfide) groups is 1. The van der Waals surface area contributed by atoms with E-state index in [2.05, 4.69) is 25.9 Å². The third-order valence-corrected chi connectivity index (χ3v) is 4.46. The summed E-state index contributed by atoms with van der Waals surface area (Å²) in [5, 5.41) is 25.4. The first kappa shape index (κ1) is 24.4. The highest BCUT2D eigenvalue weighted by atomic mass is 32.2. The lowest BCUT2D eigenvalue weighted by Crippen LogP contribution is -2.55. The van der Waals surface area contributed by atoms with Crippen molar-refractivity contribution in [2.45, 2.75) is 31.0 Å². The van der Waals surface area contributed by atoms with Gasteiger partial charge in [-0.1, -0.05) is 0 Å². The number of nitrogens with two attached hydrogens (primary N) is 1. The van der Waals surface area contributed by atoms with Crippen molar-refractivity contribution in [1.82, 2.24) is 25.9 Å². The number of amides is 3. The third-order valence-electron chi connectivity index (χ3n) is 3.82. The lowest BCUT2D eigenvalue weighted by atomic mass is 10.1. The fourth-order valence-corrected chi connectivity index (χ4v) is 2.69. The first-order valence-electron chi connectivity index (χ1n) is 8.71. The van der Waals surface area contributed by atoms with Crippen LogP contribution >= 0.6 is 11.8 Å². The molecule has 3 amide bonds. The molecule has 0 aliphatic heterocycles. The van der Waals surface area contributed by atoms with E-state index in [-0.39, 0.29) is 6.42 Å². The molecular formula is C16H26N6O6S. The molecular weight excluding hydrogens is 404 g/mol. The van der Waals surface area contributed by atoms with E-state index in [9.17, 15) is 29.4 Å². The second-order valence-electron chi connectivity index (χ2n) is 6.09. The van der Waals surface area contributed by atoms with E-state index < -0.39 is 55.0 Å². The molecule has 0 saturated carbocycles. The molecule has 0 aliphatic rings. The SMILES string of the molecule is CSCCC(N)C(=O)NC(CO)C(=O)NCC(=O)NC(Cc1cnc[nH]1)C(=O)O. The maximum atomic E-state index is 12.1. The Hall–Kier alpha value is -2.64. The molecule has 12 nitrogen and oxygen atoms in total. The number of aliphatic hydroxyl groups is 1. The van der Waals surface area contributed by atoms with Crippen molar-refractivity contribution < 1.29 is 29.4 Å². The molecule has 8 N–H and O–H groups in total. The van der Waals surface area contributed by atoms with Crippen LogP contribution < -0.4 is 21.7 Å². The van der Waals surface area contributed by atoms with Crippen LogP contribution in [0, 0.1) is 0 Å². The van der Waals surface area contributed by atoms with Gasteiger partial charge in [-0.05, 0) is 18.4 Å². The first-order valence-corrected chi connectivity index (χ1v) is 10.1. The monoisotopic (exact) mass is 430 g/mol. The zero-order valence-electron chi connectivity index (χ0n) is 15.9. The summed E-state index contributed by atoms with van der Waals surface area (Å²) in [4.78, 5) is 53.8. The smallest absolute Gasteiger partial charge is 0.326 e. The minimum Gasteiger partial charge on any atom is -0.480 e. The number of aliphatic hydroxyl groups excluding tert-OH is 1. The van der Waals surface area contributed by atoms with E-state index >= 15 is 0 Å². The number of H-pyrrole nitrogens is 1. The van der Waals surface area contributed by atoms with Crippen molar-refractivity contribution >= 4 is 35.5 Å². The van der Waals surface area contributed by atoms with Gasteiger partial charge in [-0.25, -0.2) is 9.78 Å². The maximum absolute atomic E-state index is 12.1. The van der Waals surface area contributed by atoms with Gasteiger partial charge in [-0.2, -0.15) is 11.8 Å². The number of nitrogens with one attached hydrogen (secondary N) is 4. The van der Waals surface area contributed by atoms with Gasteiger partial charge in [0.25, 0.3) is 0 Å². The van der Waals surface area contributed by atoms with E-state index in [0.29, 0.717) is 17.9 Å². The van der Waals surface area contributed by atoms with Crippen molar-refractivity contribution in [3.05, 3.63) is 18.2 Å². The summed E-state index contributed by atoms with van der Waals surface area (Å²) in [7, 11) is 0. The van der Waals surface area contributed by atoms with Crippen LogP contribution in [0.2, 0.25) is 0 Å². The highest BCUT2D eigenvalue weighted by Crippen LogP contribution is 2.00. The molecule has 3 unspecified atom stereocenters. The predicted molar refractivity (Wildman–Crippen MR) is 105 cm³/mol. The van der Waals surface area contributed by atoms with Crippen LogP contribution in [-0.2, 0) is 25.6 Å². The summed E-state index contributed by atoms with van der Waals surface area (Å²) in [6, 6.07) is -3.33. The summed E-state index contributed by atoms with van der Waals surface area (Å²) < 4.78 is 0. The number of aromatic nitrogens is 2. The third kappa shape index (κ3) is 8.93. The highest BCUT2D eigenvalue weighted by molar-refractivity contribution is 7.98. The Morgan fingerprint density at radius 3 is 2.52 bits per heavy atom. The van der Waals surface area contributed by atoms with Gasteiger partial charge < -0.3 is 36.9 Å². The van der Waals surface area contributed by atoms with Gasteiger partial charge in [-0.3, -0.25) is 14.4 Å². The molecule has 0 bridgehead atoms. The van der Waals surface area contributed by atoms with Crippen LogP contribution in [0.15, 0.2) is 12.5 Å². The Kier molecular flexibility index (Phi) is 10.7. The number of carboxylic acid groups (broad SMARTS) is 1. The molecule has 0 aromatic carbocycles. The lowest BCUT2D eigenvalue weighted by Gasteiger charge is -2.19. The first-order chi connectivity index (χ1) is 13.8. The molecule has 1 aromatic rings. The Morgan fingerprint density at radius 1 is 1.24 bits per heavy atom. The van der Waals surface area contributed by atoms with Crippen LogP contribution in [-0.4, -0.2) is 87.2 Å². The van der Waals surface area contributed by atoms with Crippen molar-refractivity contribution in [2.75, 3.05) is 25.2 Å². The molecule has 162 valence electrons. The second-order valence-corrected chi connectivity index (χ2v) is 7.07. The number of hydrogen-bond acceptors (Lipinski definition) is 8. The van der Waals surface area contributed by atoms with Gasteiger partial charge in [0.05, 0.1) is 25.5 Å². The molecule has 0 fully saturated rings. The fourth-order valence-electron chi connectivity index (χ4n) is 2.20. The molecule has 13 heteroatoms. The quantitative estimate of drug-likeness (QED) is 0.173. The van der Waals surface area contributed by atoms with E-state index in [1.54, 1.807) is 0 Å². The normalized spacial score (nSPS) is 13.8. The molecule has 0 radical (unpaired) electrons. The van der Waals surface area contributed by atoms with Crippen molar-refractivity contribution in [1.29, 1.82) is 0 Å². The second kappa shape index (κ2) is 12.7. The molecule has 1 heterocycles. The minimum atomic E-state index is -1.28. The maximum Gasteiger partial charge on any atom is 0.326 e. The average Bonchev–Trinajstić information content (AvgIpc) is 3.20. The fraction of sp³-hybridized carbons (Fsp3) is 0.562. The molecule has 0 saturated heterocycles. The van der Waals surface area contributed by atoms with E-state index in [1.807, 2.05) is 6.26 Å². The summed E-state index contributed by atoms with van der Waals surface area (Å²) in [5.41, 5.74) is 6.22. The van der Waals surface area contributed by atoms with Crippen molar-refractivity contribution in [3.63, 3.8) is 0 Å². The topological polar surface area (TPSA) is 200 Å².